The molecule has 0 fully saturated rings. The van der Waals surface area contributed by atoms with Crippen molar-refractivity contribution in [2.75, 3.05) is 0 Å². The van der Waals surface area contributed by atoms with E-state index in [1.807, 2.05) is 72.8 Å². The monoisotopic (exact) mass is 463 g/mol. The molecular weight excluding hydrogens is 450 g/mol. The summed E-state index contributed by atoms with van der Waals surface area (Å²) in [5, 5.41) is 6.26. The fourth-order valence-corrected chi connectivity index (χ4v) is 3.25. The van der Waals surface area contributed by atoms with Crippen molar-refractivity contribution >= 4 is 51.6 Å². The van der Waals surface area contributed by atoms with Gasteiger partial charge in [0.25, 0.3) is 5.91 Å². The number of hydrogen-bond acceptors (Lipinski definition) is 3. The van der Waals surface area contributed by atoms with E-state index in [0.717, 1.165) is 21.2 Å². The molecule has 0 saturated heterocycles. The molecule has 0 radical (unpaired) electrons. The predicted octanol–water partition coefficient (Wildman–Crippen LogP) is 5.77. The first kappa shape index (κ1) is 19.3. The number of carbonyl (C=O) groups is 1. The molecule has 29 heavy (non-hydrogen) atoms. The molecule has 0 unspecified atom stereocenters. The maximum absolute atomic E-state index is 13.1. The lowest BCUT2D eigenvalue weighted by Crippen LogP contribution is -2.27. The van der Waals surface area contributed by atoms with Gasteiger partial charge in [-0.05, 0) is 29.8 Å². The van der Waals surface area contributed by atoms with Gasteiger partial charge in [-0.25, -0.2) is 4.99 Å². The number of halogens is 2. The number of amides is 1. The predicted molar refractivity (Wildman–Crippen MR) is 121 cm³/mol. The molecule has 0 saturated carbocycles. The van der Waals surface area contributed by atoms with E-state index in [1.54, 1.807) is 18.4 Å². The molecular formula is C23H15BrClN3O. The molecule has 0 N–H and O–H groups in total. The lowest BCUT2D eigenvalue weighted by atomic mass is 10.2. The van der Waals surface area contributed by atoms with Crippen LogP contribution in [0.5, 0.6) is 0 Å². The van der Waals surface area contributed by atoms with Crippen molar-refractivity contribution < 1.29 is 4.79 Å². The molecule has 1 amide bonds. The van der Waals surface area contributed by atoms with Crippen molar-refractivity contribution in [1.29, 1.82) is 0 Å². The lowest BCUT2D eigenvalue weighted by Gasteiger charge is -2.12. The second-order valence-corrected chi connectivity index (χ2v) is 7.59. The van der Waals surface area contributed by atoms with Gasteiger partial charge < -0.3 is 0 Å². The maximum Gasteiger partial charge on any atom is 0.298 e. The SMILES string of the molecule is O=C1/C(=C\c2ccc(Br)cc2)N=C(c2ccccc2)N1/N=C/c1ccccc1Cl. The van der Waals surface area contributed by atoms with Gasteiger partial charge in [-0.3, -0.25) is 4.79 Å². The summed E-state index contributed by atoms with van der Waals surface area (Å²) in [6.07, 6.45) is 3.32. The van der Waals surface area contributed by atoms with Crippen molar-refractivity contribution in [3.8, 4) is 0 Å². The van der Waals surface area contributed by atoms with Crippen LogP contribution in [0.25, 0.3) is 6.08 Å². The van der Waals surface area contributed by atoms with Gasteiger partial charge in [-0.1, -0.05) is 88.2 Å². The van der Waals surface area contributed by atoms with Crippen LogP contribution < -0.4 is 0 Å². The molecule has 6 heteroatoms. The topological polar surface area (TPSA) is 45.0 Å². The fourth-order valence-electron chi connectivity index (χ4n) is 2.81. The van der Waals surface area contributed by atoms with Gasteiger partial charge in [-0.15, -0.1) is 0 Å². The molecule has 0 atom stereocenters. The molecule has 3 aromatic carbocycles. The molecule has 0 aliphatic carbocycles. The van der Waals surface area contributed by atoms with E-state index in [1.165, 1.54) is 5.01 Å². The Morgan fingerprint density at radius 2 is 1.62 bits per heavy atom. The van der Waals surface area contributed by atoms with Crippen LogP contribution in [-0.2, 0) is 4.79 Å². The summed E-state index contributed by atoms with van der Waals surface area (Å²) < 4.78 is 0.969. The number of benzene rings is 3. The molecule has 4 nitrogen and oxygen atoms in total. The standard InChI is InChI=1S/C23H15BrClN3O/c24-19-12-10-16(11-13-19)14-21-23(29)28(22(27-21)17-6-2-1-3-7-17)26-15-18-8-4-5-9-20(18)25/h1-15H/b21-14+,26-15+. The summed E-state index contributed by atoms with van der Waals surface area (Å²) in [7, 11) is 0. The molecule has 0 spiro atoms. The molecule has 1 heterocycles. The minimum Gasteiger partial charge on any atom is -0.265 e. The lowest BCUT2D eigenvalue weighted by molar-refractivity contribution is -0.122. The average Bonchev–Trinajstić information content (AvgIpc) is 3.05. The first-order valence-electron chi connectivity index (χ1n) is 8.86. The number of aliphatic imine (C=N–C) groups is 1. The van der Waals surface area contributed by atoms with Gasteiger partial charge in [0.15, 0.2) is 5.84 Å². The van der Waals surface area contributed by atoms with E-state index in [-0.39, 0.29) is 5.91 Å². The second-order valence-electron chi connectivity index (χ2n) is 6.27. The number of hydrazone groups is 1. The van der Waals surface area contributed by atoms with Crippen LogP contribution in [0, 0.1) is 0 Å². The molecule has 4 rings (SSSR count). The first-order chi connectivity index (χ1) is 14.1. The number of hydrogen-bond donors (Lipinski definition) is 0. The Kier molecular flexibility index (Phi) is 5.69. The van der Waals surface area contributed by atoms with Crippen molar-refractivity contribution in [2.45, 2.75) is 0 Å². The maximum atomic E-state index is 13.1. The number of nitrogens with zero attached hydrogens (tertiary/aromatic N) is 3. The quantitative estimate of drug-likeness (QED) is 0.357. The van der Waals surface area contributed by atoms with Crippen molar-refractivity contribution in [1.82, 2.24) is 5.01 Å². The highest BCUT2D eigenvalue weighted by Gasteiger charge is 2.31. The molecule has 1 aliphatic heterocycles. The summed E-state index contributed by atoms with van der Waals surface area (Å²) in [5.74, 6) is 0.178. The third kappa shape index (κ3) is 4.36. The van der Waals surface area contributed by atoms with Crippen LogP contribution in [0.1, 0.15) is 16.7 Å². The van der Waals surface area contributed by atoms with Crippen LogP contribution >= 0.6 is 27.5 Å². The Morgan fingerprint density at radius 1 is 0.931 bits per heavy atom. The zero-order valence-electron chi connectivity index (χ0n) is 15.2. The van der Waals surface area contributed by atoms with Crippen LogP contribution in [-0.4, -0.2) is 23.0 Å². The summed E-state index contributed by atoms with van der Waals surface area (Å²) in [6.45, 7) is 0. The molecule has 1 aliphatic rings. The van der Waals surface area contributed by atoms with Gasteiger partial charge in [0.05, 0.1) is 6.21 Å². The number of rotatable bonds is 4. The summed E-state index contributed by atoms with van der Waals surface area (Å²) in [5.41, 5.74) is 2.73. The minimum atomic E-state index is -0.296. The molecule has 0 aromatic heterocycles. The molecule has 0 bridgehead atoms. The van der Waals surface area contributed by atoms with Gasteiger partial charge >= 0.3 is 0 Å². The Morgan fingerprint density at radius 3 is 2.34 bits per heavy atom. The number of amidine groups is 1. The van der Waals surface area contributed by atoms with Crippen LogP contribution in [0.3, 0.4) is 0 Å². The summed E-state index contributed by atoms with van der Waals surface area (Å²) in [4.78, 5) is 17.6. The molecule has 142 valence electrons. The van der Waals surface area contributed by atoms with E-state index in [0.29, 0.717) is 16.6 Å². The highest BCUT2D eigenvalue weighted by Crippen LogP contribution is 2.23. The van der Waals surface area contributed by atoms with Crippen LogP contribution in [0.4, 0.5) is 0 Å². The normalized spacial score (nSPS) is 15.4. The van der Waals surface area contributed by atoms with Crippen molar-refractivity contribution in [3.63, 3.8) is 0 Å². The van der Waals surface area contributed by atoms with E-state index in [9.17, 15) is 4.79 Å². The smallest absolute Gasteiger partial charge is 0.265 e. The fraction of sp³-hybridized carbons (Fsp3) is 0. The Balaban J connectivity index is 1.73. The summed E-state index contributed by atoms with van der Waals surface area (Å²) >= 11 is 9.62. The molecule has 3 aromatic rings. The van der Waals surface area contributed by atoms with Gasteiger partial charge in [0.2, 0.25) is 0 Å². The minimum absolute atomic E-state index is 0.296. The highest BCUT2D eigenvalue weighted by molar-refractivity contribution is 9.10. The van der Waals surface area contributed by atoms with Crippen molar-refractivity contribution in [3.05, 3.63) is 111 Å². The Bertz CT molecular complexity index is 1140. The van der Waals surface area contributed by atoms with Crippen molar-refractivity contribution in [2.24, 2.45) is 10.1 Å². The van der Waals surface area contributed by atoms with Crippen LogP contribution in [0.15, 0.2) is 99.1 Å². The Labute approximate surface area is 182 Å². The van der Waals surface area contributed by atoms with E-state index in [2.05, 4.69) is 26.0 Å². The van der Waals surface area contributed by atoms with Crippen LogP contribution in [0.2, 0.25) is 5.02 Å². The number of carbonyl (C=O) groups excluding carboxylic acids is 1. The van der Waals surface area contributed by atoms with E-state index >= 15 is 0 Å². The van der Waals surface area contributed by atoms with Gasteiger partial charge in [0, 0.05) is 20.6 Å². The zero-order chi connectivity index (χ0) is 20.2. The second kappa shape index (κ2) is 8.55. The third-order valence-electron chi connectivity index (χ3n) is 4.26. The van der Waals surface area contributed by atoms with E-state index < -0.39 is 0 Å². The zero-order valence-corrected chi connectivity index (χ0v) is 17.5. The first-order valence-corrected chi connectivity index (χ1v) is 10.0. The average molecular weight is 465 g/mol. The largest absolute Gasteiger partial charge is 0.298 e. The Hall–Kier alpha value is -3.02. The van der Waals surface area contributed by atoms with Gasteiger partial charge in [0.1, 0.15) is 5.70 Å². The van der Waals surface area contributed by atoms with E-state index in [4.69, 9.17) is 11.6 Å². The third-order valence-corrected chi connectivity index (χ3v) is 5.13. The van der Waals surface area contributed by atoms with Gasteiger partial charge in [-0.2, -0.15) is 10.1 Å². The summed E-state index contributed by atoms with van der Waals surface area (Å²) in [6, 6.07) is 24.5. The highest BCUT2D eigenvalue weighted by atomic mass is 79.9.